The summed E-state index contributed by atoms with van der Waals surface area (Å²) in [5, 5.41) is 5.81. The number of anilines is 1. The van der Waals surface area contributed by atoms with Gasteiger partial charge >= 0.3 is 6.09 Å². The molecule has 0 aromatic heterocycles. The minimum Gasteiger partial charge on any atom is -0.444 e. The van der Waals surface area contributed by atoms with E-state index in [0.717, 1.165) is 24.0 Å². The average Bonchev–Trinajstić information content (AvgIpc) is 3.65. The molecule has 3 rings (SSSR count). The van der Waals surface area contributed by atoms with Gasteiger partial charge in [-0.05, 0) is 76.2 Å². The van der Waals surface area contributed by atoms with E-state index in [0.29, 0.717) is 17.9 Å². The third kappa shape index (κ3) is 7.75. The lowest BCUT2D eigenvalue weighted by Gasteiger charge is -2.34. The van der Waals surface area contributed by atoms with Crippen molar-refractivity contribution < 1.29 is 19.1 Å². The van der Waals surface area contributed by atoms with Gasteiger partial charge in [0.1, 0.15) is 17.7 Å². The summed E-state index contributed by atoms with van der Waals surface area (Å²) in [5.41, 5.74) is 1.68. The highest BCUT2D eigenvalue weighted by atomic mass is 32.2. The third-order valence-electron chi connectivity index (χ3n) is 5.84. The lowest BCUT2D eigenvalue weighted by Crippen LogP contribution is -2.53. The summed E-state index contributed by atoms with van der Waals surface area (Å²) in [6.45, 7) is 7.27. The van der Waals surface area contributed by atoms with Crippen LogP contribution in [0.2, 0.25) is 0 Å². The quantitative estimate of drug-likeness (QED) is 0.451. The third-order valence-corrected chi connectivity index (χ3v) is 6.48. The van der Waals surface area contributed by atoms with Gasteiger partial charge in [0.05, 0.1) is 0 Å². The molecule has 2 aromatic rings. The number of aryl methyl sites for hydroxylation is 1. The fourth-order valence-corrected chi connectivity index (χ4v) is 4.45. The van der Waals surface area contributed by atoms with E-state index in [9.17, 15) is 14.4 Å². The van der Waals surface area contributed by atoms with Crippen molar-refractivity contribution in [3.8, 4) is 0 Å². The Morgan fingerprint density at radius 1 is 1.06 bits per heavy atom. The molecule has 2 unspecified atom stereocenters. The number of thioether (sulfide) groups is 1. The number of hydrogen-bond acceptors (Lipinski definition) is 5. The predicted molar refractivity (Wildman–Crippen MR) is 145 cm³/mol. The number of carbonyl (C=O) groups is 3. The summed E-state index contributed by atoms with van der Waals surface area (Å²) in [5.74, 6) is 0.124. The van der Waals surface area contributed by atoms with Crippen molar-refractivity contribution in [3.05, 3.63) is 65.7 Å². The van der Waals surface area contributed by atoms with Gasteiger partial charge in [-0.25, -0.2) is 4.79 Å². The second-order valence-corrected chi connectivity index (χ2v) is 11.1. The molecule has 0 bridgehead atoms. The molecule has 1 aliphatic carbocycles. The van der Waals surface area contributed by atoms with Crippen molar-refractivity contribution in [3.63, 3.8) is 0 Å². The maximum atomic E-state index is 14.0. The second-order valence-electron chi connectivity index (χ2n) is 10.1. The Labute approximate surface area is 218 Å². The van der Waals surface area contributed by atoms with Gasteiger partial charge in [-0.1, -0.05) is 48.5 Å². The molecular formula is C28H37N3O4S. The normalized spacial score (nSPS) is 14.9. The molecule has 1 fully saturated rings. The van der Waals surface area contributed by atoms with Crippen LogP contribution in [-0.4, -0.2) is 52.5 Å². The van der Waals surface area contributed by atoms with Gasteiger partial charge in [-0.2, -0.15) is 11.8 Å². The molecule has 36 heavy (non-hydrogen) atoms. The predicted octanol–water partition coefficient (Wildman–Crippen LogP) is 5.31. The van der Waals surface area contributed by atoms with E-state index in [1.54, 1.807) is 37.4 Å². The summed E-state index contributed by atoms with van der Waals surface area (Å²) >= 11 is 1.60. The number of hydrogen-bond donors (Lipinski definition) is 2. The van der Waals surface area contributed by atoms with E-state index in [1.807, 2.05) is 67.8 Å². The molecular weight excluding hydrogens is 474 g/mol. The first kappa shape index (κ1) is 27.6. The molecule has 8 heteroatoms. The van der Waals surface area contributed by atoms with Gasteiger partial charge in [-0.3, -0.25) is 9.59 Å². The van der Waals surface area contributed by atoms with Crippen LogP contribution >= 0.6 is 11.8 Å². The Bertz CT molecular complexity index is 1050. The molecule has 2 atom stereocenters. The molecule has 2 N–H and O–H groups in total. The standard InChI is InChI=1S/C28H37N3O4S/c1-19-11-9-10-14-22(19)29-25(32)24(20-12-7-6-8-13-20)31(21-15-16-21)26(33)23(17-18-36-5)30-27(34)35-28(2,3)4/h6-14,21,23-24H,15-18H2,1-5H3,(H,29,32)(H,30,34). The molecule has 2 aromatic carbocycles. The SMILES string of the molecule is CSCCC(NC(=O)OC(C)(C)C)C(=O)N(C1CC1)C(C(=O)Nc1ccccc1C)c1ccccc1. The highest BCUT2D eigenvalue weighted by Gasteiger charge is 2.44. The fourth-order valence-electron chi connectivity index (χ4n) is 3.98. The van der Waals surface area contributed by atoms with Crippen molar-refractivity contribution >= 4 is 35.4 Å². The van der Waals surface area contributed by atoms with Crippen molar-refractivity contribution in [1.29, 1.82) is 0 Å². The Hall–Kier alpha value is -3.00. The van der Waals surface area contributed by atoms with Crippen LogP contribution in [-0.2, 0) is 14.3 Å². The minimum absolute atomic E-state index is 0.0671. The van der Waals surface area contributed by atoms with Crippen molar-refractivity contribution in [1.82, 2.24) is 10.2 Å². The zero-order chi connectivity index (χ0) is 26.3. The highest BCUT2D eigenvalue weighted by molar-refractivity contribution is 7.98. The van der Waals surface area contributed by atoms with E-state index < -0.39 is 23.8 Å². The van der Waals surface area contributed by atoms with E-state index in [1.165, 1.54) is 0 Å². The van der Waals surface area contributed by atoms with Crippen LogP contribution in [0.1, 0.15) is 57.2 Å². The minimum atomic E-state index is -0.831. The summed E-state index contributed by atoms with van der Waals surface area (Å²) in [7, 11) is 0. The Morgan fingerprint density at radius 2 is 1.69 bits per heavy atom. The first-order chi connectivity index (χ1) is 17.1. The fraction of sp³-hybridized carbons (Fsp3) is 0.464. The van der Waals surface area contributed by atoms with Crippen LogP contribution in [0.3, 0.4) is 0 Å². The molecule has 7 nitrogen and oxygen atoms in total. The van der Waals surface area contributed by atoms with E-state index in [-0.39, 0.29) is 17.9 Å². The maximum Gasteiger partial charge on any atom is 0.408 e. The number of nitrogens with one attached hydrogen (secondary N) is 2. The number of nitrogens with zero attached hydrogens (tertiary/aromatic N) is 1. The Kier molecular flexibility index (Phi) is 9.43. The van der Waals surface area contributed by atoms with Gasteiger partial charge in [0.15, 0.2) is 0 Å². The van der Waals surface area contributed by atoms with Crippen LogP contribution in [0.25, 0.3) is 0 Å². The number of rotatable bonds is 10. The molecule has 0 radical (unpaired) electrons. The van der Waals surface area contributed by atoms with Crippen LogP contribution in [0.4, 0.5) is 10.5 Å². The van der Waals surface area contributed by atoms with Gasteiger partial charge in [0, 0.05) is 11.7 Å². The lowest BCUT2D eigenvalue weighted by molar-refractivity contribution is -0.141. The Balaban J connectivity index is 1.94. The second kappa shape index (κ2) is 12.3. The van der Waals surface area contributed by atoms with E-state index >= 15 is 0 Å². The molecule has 0 saturated heterocycles. The summed E-state index contributed by atoms with van der Waals surface area (Å²) in [6, 6.07) is 15.2. The van der Waals surface area contributed by atoms with Crippen molar-refractivity contribution in [2.45, 2.75) is 70.7 Å². The van der Waals surface area contributed by atoms with Gasteiger partial charge < -0.3 is 20.3 Å². The van der Waals surface area contributed by atoms with Gasteiger partial charge in [-0.15, -0.1) is 0 Å². The largest absolute Gasteiger partial charge is 0.444 e. The number of amides is 3. The number of carbonyl (C=O) groups excluding carboxylic acids is 3. The van der Waals surface area contributed by atoms with Gasteiger partial charge in [0.2, 0.25) is 5.91 Å². The van der Waals surface area contributed by atoms with Crippen LogP contribution in [0.15, 0.2) is 54.6 Å². The van der Waals surface area contributed by atoms with Crippen molar-refractivity contribution in [2.75, 3.05) is 17.3 Å². The molecule has 1 saturated carbocycles. The zero-order valence-electron chi connectivity index (χ0n) is 21.7. The Morgan fingerprint density at radius 3 is 2.28 bits per heavy atom. The number of alkyl carbamates (subject to hydrolysis) is 1. The molecule has 1 aliphatic rings. The van der Waals surface area contributed by atoms with E-state index in [2.05, 4.69) is 10.6 Å². The summed E-state index contributed by atoms with van der Waals surface area (Å²) in [4.78, 5) is 42.1. The number of benzene rings is 2. The monoisotopic (exact) mass is 511 g/mol. The highest BCUT2D eigenvalue weighted by Crippen LogP contribution is 2.36. The van der Waals surface area contributed by atoms with Crippen LogP contribution in [0, 0.1) is 6.92 Å². The average molecular weight is 512 g/mol. The molecule has 3 amide bonds. The molecule has 0 spiro atoms. The first-order valence-electron chi connectivity index (χ1n) is 12.3. The molecule has 0 aliphatic heterocycles. The van der Waals surface area contributed by atoms with Crippen LogP contribution < -0.4 is 10.6 Å². The number of ether oxygens (including phenoxy) is 1. The smallest absolute Gasteiger partial charge is 0.408 e. The van der Waals surface area contributed by atoms with Crippen LogP contribution in [0.5, 0.6) is 0 Å². The summed E-state index contributed by atoms with van der Waals surface area (Å²) < 4.78 is 5.43. The van der Waals surface area contributed by atoms with Crippen molar-refractivity contribution in [2.24, 2.45) is 0 Å². The van der Waals surface area contributed by atoms with E-state index in [4.69, 9.17) is 4.74 Å². The summed E-state index contributed by atoms with van der Waals surface area (Å²) in [6.07, 6.45) is 3.38. The number of para-hydroxylation sites is 1. The molecule has 0 heterocycles. The lowest BCUT2D eigenvalue weighted by atomic mass is 10.0. The molecule has 194 valence electrons. The maximum absolute atomic E-state index is 14.0. The zero-order valence-corrected chi connectivity index (χ0v) is 22.6. The van der Waals surface area contributed by atoms with Gasteiger partial charge in [0.25, 0.3) is 5.91 Å². The first-order valence-corrected chi connectivity index (χ1v) is 13.7. The topological polar surface area (TPSA) is 87.7 Å².